The highest BCUT2D eigenvalue weighted by Crippen LogP contribution is 2.25. The van der Waals surface area contributed by atoms with Crippen LogP contribution < -0.4 is 0 Å². The number of amides is 1. The van der Waals surface area contributed by atoms with Crippen molar-refractivity contribution in [2.75, 3.05) is 13.2 Å². The fourth-order valence-electron chi connectivity index (χ4n) is 2.43. The van der Waals surface area contributed by atoms with Gasteiger partial charge in [-0.3, -0.25) is 0 Å². The van der Waals surface area contributed by atoms with Crippen molar-refractivity contribution in [1.29, 1.82) is 0 Å². The molecule has 2 atom stereocenters. The third-order valence-corrected chi connectivity index (χ3v) is 4.52. The quantitative estimate of drug-likeness (QED) is 0.835. The van der Waals surface area contributed by atoms with Crippen molar-refractivity contribution in [3.8, 4) is 0 Å². The number of hydrogen-bond acceptors (Lipinski definition) is 4. The molecule has 118 valence electrons. The number of rotatable bonds is 4. The maximum absolute atomic E-state index is 12.2. The van der Waals surface area contributed by atoms with Crippen molar-refractivity contribution in [3.63, 3.8) is 0 Å². The Kier molecular flexibility index (Phi) is 5.27. The summed E-state index contributed by atoms with van der Waals surface area (Å²) >= 11 is 1.70. The van der Waals surface area contributed by atoms with Crippen molar-refractivity contribution in [2.24, 2.45) is 0 Å². The molecule has 2 rings (SSSR count). The van der Waals surface area contributed by atoms with Gasteiger partial charge in [-0.25, -0.2) is 4.79 Å². The summed E-state index contributed by atoms with van der Waals surface area (Å²) < 4.78 is 11.4. The molecule has 1 fully saturated rings. The smallest absolute Gasteiger partial charge is 0.410 e. The molecule has 1 aliphatic rings. The molecule has 0 radical (unpaired) electrons. The molecule has 1 aromatic heterocycles. The van der Waals surface area contributed by atoms with Crippen molar-refractivity contribution < 1.29 is 14.3 Å². The van der Waals surface area contributed by atoms with Gasteiger partial charge < -0.3 is 14.4 Å². The van der Waals surface area contributed by atoms with Gasteiger partial charge in [0.1, 0.15) is 5.60 Å². The zero-order valence-corrected chi connectivity index (χ0v) is 14.1. The first kappa shape index (κ1) is 16.3. The van der Waals surface area contributed by atoms with E-state index in [1.165, 1.54) is 4.88 Å². The minimum Gasteiger partial charge on any atom is -0.444 e. The van der Waals surface area contributed by atoms with Crippen molar-refractivity contribution in [2.45, 2.75) is 58.3 Å². The Hall–Kier alpha value is -1.07. The van der Waals surface area contributed by atoms with Crippen molar-refractivity contribution >= 4 is 17.4 Å². The first-order valence-corrected chi connectivity index (χ1v) is 8.39. The fraction of sp³-hybridized carbons (Fsp3) is 0.688. The summed E-state index contributed by atoms with van der Waals surface area (Å²) in [6.45, 7) is 9.06. The van der Waals surface area contributed by atoms with Crippen molar-refractivity contribution in [1.82, 2.24) is 4.90 Å². The summed E-state index contributed by atoms with van der Waals surface area (Å²) in [4.78, 5) is 15.2. The van der Waals surface area contributed by atoms with E-state index < -0.39 is 5.60 Å². The summed E-state index contributed by atoms with van der Waals surface area (Å²) in [5.41, 5.74) is -0.449. The predicted octanol–water partition coefficient (Wildman–Crippen LogP) is 4.23. The minimum absolute atomic E-state index is 0.0751. The van der Waals surface area contributed by atoms with Gasteiger partial charge in [0.05, 0.1) is 18.8 Å². The molecule has 5 heteroatoms. The summed E-state index contributed by atoms with van der Waals surface area (Å²) in [5.74, 6) is 0. The van der Waals surface area contributed by atoms with Crippen molar-refractivity contribution in [3.05, 3.63) is 22.4 Å². The number of carbonyl (C=O) groups excluding carboxylic acids is 1. The van der Waals surface area contributed by atoms with E-state index in [0.29, 0.717) is 6.61 Å². The lowest BCUT2D eigenvalue weighted by Gasteiger charge is -2.29. The molecule has 1 saturated heterocycles. The van der Waals surface area contributed by atoms with Crippen LogP contribution in [-0.4, -0.2) is 35.8 Å². The summed E-state index contributed by atoms with van der Waals surface area (Å²) in [6.07, 6.45) is 1.85. The summed E-state index contributed by atoms with van der Waals surface area (Å²) in [6, 6.07) is 4.24. The lowest BCUT2D eigenvalue weighted by molar-refractivity contribution is -0.00109. The van der Waals surface area contributed by atoms with Crippen LogP contribution in [0, 0.1) is 0 Å². The highest BCUT2D eigenvalue weighted by Gasteiger charge is 2.32. The molecule has 21 heavy (non-hydrogen) atoms. The van der Waals surface area contributed by atoms with Crippen LogP contribution in [0.3, 0.4) is 0 Å². The monoisotopic (exact) mass is 311 g/mol. The standard InChI is InChI=1S/C16H25NO3S/c1-12(14-8-6-10-21-14)19-11-13-7-5-9-17(13)15(18)20-16(2,3)4/h6,8,10,12-13H,5,7,9,11H2,1-4H3. The second kappa shape index (κ2) is 6.79. The van der Waals surface area contributed by atoms with E-state index >= 15 is 0 Å². The van der Waals surface area contributed by atoms with Gasteiger partial charge in [-0.15, -0.1) is 11.3 Å². The third-order valence-electron chi connectivity index (χ3n) is 3.49. The molecule has 2 heterocycles. The molecule has 0 aliphatic carbocycles. The number of ether oxygens (including phenoxy) is 2. The van der Waals surface area contributed by atoms with Crippen LogP contribution in [0.1, 0.15) is 51.5 Å². The Bertz CT molecular complexity index is 453. The second-order valence-corrected chi connectivity index (χ2v) is 7.44. The normalized spacial score (nSPS) is 20.6. The highest BCUT2D eigenvalue weighted by molar-refractivity contribution is 7.10. The highest BCUT2D eigenvalue weighted by atomic mass is 32.1. The van der Waals surface area contributed by atoms with Crippen LogP contribution in [-0.2, 0) is 9.47 Å². The van der Waals surface area contributed by atoms with Crippen LogP contribution in [0.4, 0.5) is 4.79 Å². The first-order chi connectivity index (χ1) is 9.87. The second-order valence-electron chi connectivity index (χ2n) is 6.46. The van der Waals surface area contributed by atoms with E-state index in [2.05, 4.69) is 18.4 Å². The molecule has 1 aromatic rings. The van der Waals surface area contributed by atoms with E-state index in [1.807, 2.05) is 31.7 Å². The molecule has 2 unspecified atom stereocenters. The largest absolute Gasteiger partial charge is 0.444 e. The van der Waals surface area contributed by atoms with Gasteiger partial charge in [-0.05, 0) is 52.0 Å². The maximum atomic E-state index is 12.2. The van der Waals surface area contributed by atoms with Gasteiger partial charge >= 0.3 is 6.09 Å². The molecular weight excluding hydrogens is 286 g/mol. The number of thiophene rings is 1. The molecule has 0 saturated carbocycles. The van der Waals surface area contributed by atoms with Gasteiger partial charge in [0.25, 0.3) is 0 Å². The number of likely N-dealkylation sites (tertiary alicyclic amines) is 1. The lowest BCUT2D eigenvalue weighted by atomic mass is 10.2. The Balaban J connectivity index is 1.86. The predicted molar refractivity (Wildman–Crippen MR) is 84.6 cm³/mol. The maximum Gasteiger partial charge on any atom is 0.410 e. The molecule has 0 spiro atoms. The molecule has 0 N–H and O–H groups in total. The number of hydrogen-bond donors (Lipinski definition) is 0. The number of carbonyl (C=O) groups is 1. The zero-order valence-electron chi connectivity index (χ0n) is 13.3. The average Bonchev–Trinajstić information content (AvgIpc) is 3.04. The molecule has 0 aromatic carbocycles. The Labute approximate surface area is 131 Å². The van der Waals surface area contributed by atoms with E-state index in [9.17, 15) is 4.79 Å². The third kappa shape index (κ3) is 4.71. The summed E-state index contributed by atoms with van der Waals surface area (Å²) in [5, 5.41) is 2.05. The van der Waals surface area contributed by atoms with E-state index in [-0.39, 0.29) is 18.2 Å². The SMILES string of the molecule is CC(OCC1CCCN1C(=O)OC(C)(C)C)c1cccs1. The molecular formula is C16H25NO3S. The first-order valence-electron chi connectivity index (χ1n) is 7.51. The van der Waals surface area contributed by atoms with Crippen LogP contribution in [0.2, 0.25) is 0 Å². The Morgan fingerprint density at radius 1 is 1.52 bits per heavy atom. The fourth-order valence-corrected chi connectivity index (χ4v) is 3.16. The molecule has 4 nitrogen and oxygen atoms in total. The topological polar surface area (TPSA) is 38.8 Å². The Morgan fingerprint density at radius 2 is 2.29 bits per heavy atom. The zero-order chi connectivity index (χ0) is 15.5. The van der Waals surface area contributed by atoms with E-state index in [1.54, 1.807) is 11.3 Å². The molecule has 1 aliphatic heterocycles. The Morgan fingerprint density at radius 3 is 2.90 bits per heavy atom. The van der Waals surface area contributed by atoms with Gasteiger partial charge in [0.15, 0.2) is 0 Å². The van der Waals surface area contributed by atoms with Gasteiger partial charge in [-0.2, -0.15) is 0 Å². The van der Waals surface area contributed by atoms with Crippen LogP contribution >= 0.6 is 11.3 Å². The van der Waals surface area contributed by atoms with E-state index in [0.717, 1.165) is 19.4 Å². The number of nitrogens with zero attached hydrogens (tertiary/aromatic N) is 1. The van der Waals surface area contributed by atoms with Crippen LogP contribution in [0.15, 0.2) is 17.5 Å². The van der Waals surface area contributed by atoms with Crippen LogP contribution in [0.25, 0.3) is 0 Å². The van der Waals surface area contributed by atoms with E-state index in [4.69, 9.17) is 9.47 Å². The average molecular weight is 311 g/mol. The molecule has 0 bridgehead atoms. The van der Waals surface area contributed by atoms with Gasteiger partial charge in [0.2, 0.25) is 0 Å². The van der Waals surface area contributed by atoms with Gasteiger partial charge in [-0.1, -0.05) is 6.07 Å². The van der Waals surface area contributed by atoms with Gasteiger partial charge in [0, 0.05) is 11.4 Å². The lowest BCUT2D eigenvalue weighted by Crippen LogP contribution is -2.41. The van der Waals surface area contributed by atoms with Crippen LogP contribution in [0.5, 0.6) is 0 Å². The summed E-state index contributed by atoms with van der Waals surface area (Å²) in [7, 11) is 0. The molecule has 1 amide bonds. The minimum atomic E-state index is -0.449.